The van der Waals surface area contributed by atoms with Crippen molar-refractivity contribution in [3.05, 3.63) is 108 Å². The number of rotatable bonds is 5. The van der Waals surface area contributed by atoms with Crippen LogP contribution in [-0.2, 0) is 6.54 Å². The van der Waals surface area contributed by atoms with Crippen molar-refractivity contribution in [1.82, 2.24) is 4.57 Å². The average Bonchev–Trinajstić information content (AvgIpc) is 3.13. The van der Waals surface area contributed by atoms with E-state index >= 15 is 0 Å². The fraction of sp³-hybridized carbons (Fsp3) is 0.107. The summed E-state index contributed by atoms with van der Waals surface area (Å²) in [6.07, 6.45) is 1.95. The first kappa shape index (κ1) is 19.1. The Bertz CT molecular complexity index is 1330. The van der Waals surface area contributed by atoms with Crippen LogP contribution in [0.2, 0.25) is 0 Å². The maximum absolute atomic E-state index is 4.87. The molecule has 0 aliphatic carbocycles. The molecule has 0 N–H and O–H groups in total. The quantitative estimate of drug-likeness (QED) is 0.223. The highest BCUT2D eigenvalue weighted by Crippen LogP contribution is 2.31. The molecule has 5 aromatic rings. The molecule has 5 rings (SSSR count). The van der Waals surface area contributed by atoms with Crippen LogP contribution in [0.15, 0.2) is 102 Å². The Morgan fingerprint density at radius 2 is 1.32 bits per heavy atom. The average molecular weight is 404 g/mol. The van der Waals surface area contributed by atoms with Crippen LogP contribution in [-0.4, -0.2) is 10.8 Å². The van der Waals surface area contributed by atoms with E-state index in [9.17, 15) is 0 Å². The van der Waals surface area contributed by atoms with Gasteiger partial charge in [0.25, 0.3) is 0 Å². The van der Waals surface area contributed by atoms with E-state index in [4.69, 9.17) is 5.10 Å². The second-order valence-corrected chi connectivity index (χ2v) is 7.77. The molecule has 4 aromatic carbocycles. The lowest BCUT2D eigenvalue weighted by Gasteiger charge is -2.19. The predicted molar refractivity (Wildman–Crippen MR) is 132 cm³/mol. The summed E-state index contributed by atoms with van der Waals surface area (Å²) in [4.78, 5) is 0. The fourth-order valence-corrected chi connectivity index (χ4v) is 4.20. The Balaban J connectivity index is 1.60. The molecule has 3 nitrogen and oxygen atoms in total. The highest BCUT2D eigenvalue weighted by Gasteiger charge is 2.11. The van der Waals surface area contributed by atoms with Gasteiger partial charge in [0, 0.05) is 28.4 Å². The Kier molecular flexibility index (Phi) is 5.01. The summed E-state index contributed by atoms with van der Waals surface area (Å²) in [5.41, 5.74) is 6.98. The number of anilines is 2. The summed E-state index contributed by atoms with van der Waals surface area (Å²) in [6, 6.07) is 33.8. The molecule has 0 aliphatic rings. The Labute approximate surface area is 182 Å². The zero-order valence-corrected chi connectivity index (χ0v) is 17.9. The van der Waals surface area contributed by atoms with Gasteiger partial charge in [-0.05, 0) is 67.9 Å². The molecule has 1 heterocycles. The number of nitrogens with zero attached hydrogens (tertiary/aromatic N) is 3. The smallest absolute Gasteiger partial charge is 0.0652 e. The van der Waals surface area contributed by atoms with Crippen molar-refractivity contribution in [2.24, 2.45) is 5.10 Å². The van der Waals surface area contributed by atoms with Crippen LogP contribution in [0, 0.1) is 6.92 Å². The number of benzene rings is 4. The van der Waals surface area contributed by atoms with Crippen molar-refractivity contribution in [2.75, 3.05) is 5.01 Å². The summed E-state index contributed by atoms with van der Waals surface area (Å²) in [7, 11) is 0. The van der Waals surface area contributed by atoms with Gasteiger partial charge in [0.15, 0.2) is 0 Å². The molecule has 3 heteroatoms. The standard InChI is InChI=1S/C28H25N3/c1-3-30-27-16-14-21(2)18-25(27)26-19-22(15-17-28(26)30)20-29-31(23-10-6-4-7-11-23)24-12-8-5-9-13-24/h4-20H,3H2,1-2H3/b29-20+. The van der Waals surface area contributed by atoms with Crippen LogP contribution >= 0.6 is 0 Å². The molecular formula is C28H25N3. The Hall–Kier alpha value is -3.85. The van der Waals surface area contributed by atoms with Crippen molar-refractivity contribution < 1.29 is 0 Å². The molecule has 0 saturated carbocycles. The number of aromatic nitrogens is 1. The van der Waals surface area contributed by atoms with Crippen molar-refractivity contribution >= 4 is 39.4 Å². The summed E-state index contributed by atoms with van der Waals surface area (Å²) in [5, 5.41) is 9.42. The van der Waals surface area contributed by atoms with E-state index in [0.29, 0.717) is 0 Å². The molecule has 0 atom stereocenters. The Morgan fingerprint density at radius 3 is 1.94 bits per heavy atom. The number of aryl methyl sites for hydroxylation is 2. The maximum atomic E-state index is 4.87. The van der Waals surface area contributed by atoms with Gasteiger partial charge in [-0.25, -0.2) is 5.01 Å². The predicted octanol–water partition coefficient (Wildman–Crippen LogP) is 7.30. The second kappa shape index (κ2) is 8.11. The van der Waals surface area contributed by atoms with Gasteiger partial charge in [0.2, 0.25) is 0 Å². The van der Waals surface area contributed by atoms with Crippen LogP contribution in [0.25, 0.3) is 21.8 Å². The monoisotopic (exact) mass is 403 g/mol. The van der Waals surface area contributed by atoms with Crippen LogP contribution in [0.4, 0.5) is 11.4 Å². The van der Waals surface area contributed by atoms with Crippen molar-refractivity contribution in [1.29, 1.82) is 0 Å². The van der Waals surface area contributed by atoms with E-state index in [1.54, 1.807) is 0 Å². The fourth-order valence-electron chi connectivity index (χ4n) is 4.20. The number of hydrazone groups is 1. The lowest BCUT2D eigenvalue weighted by molar-refractivity contribution is 0.827. The molecule has 152 valence electrons. The molecule has 0 amide bonds. The van der Waals surface area contributed by atoms with Crippen molar-refractivity contribution in [3.8, 4) is 0 Å². The second-order valence-electron chi connectivity index (χ2n) is 7.77. The third-order valence-corrected chi connectivity index (χ3v) is 5.68. The lowest BCUT2D eigenvalue weighted by atomic mass is 10.1. The van der Waals surface area contributed by atoms with E-state index < -0.39 is 0 Å². The zero-order valence-electron chi connectivity index (χ0n) is 17.9. The molecule has 0 fully saturated rings. The van der Waals surface area contributed by atoms with E-state index in [1.807, 2.05) is 47.6 Å². The minimum Gasteiger partial charge on any atom is -0.341 e. The van der Waals surface area contributed by atoms with Crippen LogP contribution < -0.4 is 5.01 Å². The van der Waals surface area contributed by atoms with Gasteiger partial charge >= 0.3 is 0 Å². The SMILES string of the molecule is CCn1c2ccc(C)cc2c2cc(/C=N/N(c3ccccc3)c3ccccc3)ccc21. The lowest BCUT2D eigenvalue weighted by Crippen LogP contribution is -2.09. The summed E-state index contributed by atoms with van der Waals surface area (Å²) >= 11 is 0. The number of para-hydroxylation sites is 2. The number of fused-ring (bicyclic) bond motifs is 3. The first-order valence-electron chi connectivity index (χ1n) is 10.7. The molecule has 0 spiro atoms. The Morgan fingerprint density at radius 1 is 0.742 bits per heavy atom. The van der Waals surface area contributed by atoms with Crippen molar-refractivity contribution in [2.45, 2.75) is 20.4 Å². The van der Waals surface area contributed by atoms with Gasteiger partial charge in [-0.2, -0.15) is 5.10 Å². The molecule has 0 aliphatic heterocycles. The van der Waals surface area contributed by atoms with Gasteiger partial charge in [-0.15, -0.1) is 0 Å². The first-order valence-corrected chi connectivity index (χ1v) is 10.7. The third kappa shape index (κ3) is 3.59. The summed E-state index contributed by atoms with van der Waals surface area (Å²) < 4.78 is 2.38. The number of hydrogen-bond donors (Lipinski definition) is 0. The van der Waals surface area contributed by atoms with E-state index in [-0.39, 0.29) is 0 Å². The third-order valence-electron chi connectivity index (χ3n) is 5.68. The minimum atomic E-state index is 0.951. The molecule has 0 radical (unpaired) electrons. The first-order chi connectivity index (χ1) is 15.2. The molecular weight excluding hydrogens is 378 g/mol. The highest BCUT2D eigenvalue weighted by molar-refractivity contribution is 6.09. The van der Waals surface area contributed by atoms with E-state index in [0.717, 1.165) is 23.5 Å². The van der Waals surface area contributed by atoms with Crippen LogP contribution in [0.1, 0.15) is 18.1 Å². The van der Waals surface area contributed by atoms with Gasteiger partial charge in [0.05, 0.1) is 17.6 Å². The topological polar surface area (TPSA) is 20.5 Å². The van der Waals surface area contributed by atoms with Gasteiger partial charge in [0.1, 0.15) is 0 Å². The minimum absolute atomic E-state index is 0.951. The van der Waals surface area contributed by atoms with Gasteiger partial charge < -0.3 is 4.57 Å². The summed E-state index contributed by atoms with van der Waals surface area (Å²) in [6.45, 7) is 5.30. The van der Waals surface area contributed by atoms with Crippen LogP contribution in [0.5, 0.6) is 0 Å². The molecule has 0 bridgehead atoms. The highest BCUT2D eigenvalue weighted by atomic mass is 15.5. The summed E-state index contributed by atoms with van der Waals surface area (Å²) in [5.74, 6) is 0. The normalized spacial score (nSPS) is 11.5. The zero-order chi connectivity index (χ0) is 21.2. The molecule has 0 unspecified atom stereocenters. The van der Waals surface area contributed by atoms with Crippen molar-refractivity contribution in [3.63, 3.8) is 0 Å². The van der Waals surface area contributed by atoms with E-state index in [2.05, 4.69) is 79.1 Å². The molecule has 31 heavy (non-hydrogen) atoms. The molecule has 0 saturated heterocycles. The van der Waals surface area contributed by atoms with E-state index in [1.165, 1.54) is 27.4 Å². The maximum Gasteiger partial charge on any atom is 0.0652 e. The van der Waals surface area contributed by atoms with Gasteiger partial charge in [-0.3, -0.25) is 0 Å². The largest absolute Gasteiger partial charge is 0.341 e. The van der Waals surface area contributed by atoms with Crippen LogP contribution in [0.3, 0.4) is 0 Å². The number of hydrogen-bond acceptors (Lipinski definition) is 2. The van der Waals surface area contributed by atoms with Gasteiger partial charge in [-0.1, -0.05) is 54.1 Å². The molecule has 1 aromatic heterocycles.